The van der Waals surface area contributed by atoms with Crippen molar-refractivity contribution in [2.24, 2.45) is 13.0 Å². The number of aliphatic carboxylic acids is 1. The number of likely N-dealkylation sites (N-methyl/N-ethyl adjacent to an activating group) is 1. The maximum absolute atomic E-state index is 12.5. The van der Waals surface area contributed by atoms with Gasteiger partial charge in [0.1, 0.15) is 0 Å². The molecule has 2 heterocycles. The number of hydrogen-bond acceptors (Lipinski definition) is 3. The third kappa shape index (κ3) is 4.35. The quantitative estimate of drug-likeness (QED) is 0.823. The van der Waals surface area contributed by atoms with Gasteiger partial charge < -0.3 is 19.5 Å². The molecule has 1 unspecified atom stereocenters. The van der Waals surface area contributed by atoms with E-state index in [-0.39, 0.29) is 24.9 Å². The topological polar surface area (TPSA) is 82.9 Å². The lowest BCUT2D eigenvalue weighted by molar-refractivity contribution is -0.147. The molecular formula is C21H27N3O4. The van der Waals surface area contributed by atoms with Crippen molar-refractivity contribution < 1.29 is 19.5 Å². The van der Waals surface area contributed by atoms with Crippen LogP contribution in [-0.4, -0.2) is 63.9 Å². The monoisotopic (exact) mass is 385 g/mol. The highest BCUT2D eigenvalue weighted by atomic mass is 16.4. The Hall–Kier alpha value is -2.83. The molecule has 0 aliphatic carbocycles. The fourth-order valence-corrected chi connectivity index (χ4v) is 3.85. The summed E-state index contributed by atoms with van der Waals surface area (Å²) in [5.41, 5.74) is 2.25. The summed E-state index contributed by atoms with van der Waals surface area (Å²) >= 11 is 0. The lowest BCUT2D eigenvalue weighted by Crippen LogP contribution is -2.46. The van der Waals surface area contributed by atoms with Gasteiger partial charge in [0, 0.05) is 50.7 Å². The molecule has 7 nitrogen and oxygen atoms in total. The van der Waals surface area contributed by atoms with Gasteiger partial charge in [0.2, 0.25) is 11.8 Å². The number of fused-ring (bicyclic) bond motifs is 1. The Balaban J connectivity index is 1.54. The van der Waals surface area contributed by atoms with E-state index in [9.17, 15) is 14.4 Å². The minimum Gasteiger partial charge on any atom is -0.481 e. The molecule has 0 spiro atoms. The first-order valence-corrected chi connectivity index (χ1v) is 9.64. The summed E-state index contributed by atoms with van der Waals surface area (Å²) in [6.45, 7) is 0.771. The Kier molecular flexibility index (Phi) is 6.02. The molecule has 3 rings (SSSR count). The Labute approximate surface area is 164 Å². The number of aryl methyl sites for hydroxylation is 2. The highest BCUT2D eigenvalue weighted by Gasteiger charge is 2.28. The lowest BCUT2D eigenvalue weighted by atomic mass is 9.98. The molecule has 1 aromatic carbocycles. The molecule has 2 aromatic rings. The Morgan fingerprint density at radius 2 is 2.00 bits per heavy atom. The van der Waals surface area contributed by atoms with Gasteiger partial charge in [0.25, 0.3) is 0 Å². The van der Waals surface area contributed by atoms with E-state index in [2.05, 4.69) is 16.7 Å². The number of carboxylic acids is 1. The van der Waals surface area contributed by atoms with E-state index in [4.69, 9.17) is 5.11 Å². The standard InChI is InChI=1S/C21H27N3O4/c1-22-12-15(17-7-3-4-8-18(17)22)9-10-19(25)23(2)14-20(26)24-11-5-6-16(13-24)21(27)28/h3-4,7-8,12,16H,5-6,9-11,13-14H2,1-2H3,(H,27,28). The van der Waals surface area contributed by atoms with Crippen LogP contribution in [-0.2, 0) is 27.9 Å². The van der Waals surface area contributed by atoms with E-state index in [0.29, 0.717) is 32.2 Å². The molecule has 1 atom stereocenters. The number of aromatic nitrogens is 1. The molecule has 28 heavy (non-hydrogen) atoms. The van der Waals surface area contributed by atoms with Gasteiger partial charge in [0.15, 0.2) is 0 Å². The van der Waals surface area contributed by atoms with Crippen molar-refractivity contribution in [2.75, 3.05) is 26.7 Å². The normalized spacial score (nSPS) is 16.9. The number of rotatable bonds is 6. The summed E-state index contributed by atoms with van der Waals surface area (Å²) in [4.78, 5) is 39.1. The number of benzene rings is 1. The Morgan fingerprint density at radius 3 is 2.75 bits per heavy atom. The zero-order chi connectivity index (χ0) is 20.3. The second kappa shape index (κ2) is 8.46. The van der Waals surface area contributed by atoms with Gasteiger partial charge in [-0.2, -0.15) is 0 Å². The number of piperidine rings is 1. The highest BCUT2D eigenvalue weighted by Crippen LogP contribution is 2.22. The van der Waals surface area contributed by atoms with Crippen LogP contribution in [0.4, 0.5) is 0 Å². The first-order valence-electron chi connectivity index (χ1n) is 9.64. The summed E-state index contributed by atoms with van der Waals surface area (Å²) < 4.78 is 2.05. The van der Waals surface area contributed by atoms with E-state index >= 15 is 0 Å². The van der Waals surface area contributed by atoms with E-state index < -0.39 is 11.9 Å². The number of likely N-dealkylation sites (tertiary alicyclic amines) is 1. The maximum Gasteiger partial charge on any atom is 0.308 e. The van der Waals surface area contributed by atoms with Gasteiger partial charge in [0.05, 0.1) is 12.5 Å². The van der Waals surface area contributed by atoms with Crippen molar-refractivity contribution in [3.63, 3.8) is 0 Å². The molecule has 1 fully saturated rings. The summed E-state index contributed by atoms with van der Waals surface area (Å²) in [7, 11) is 3.61. The maximum atomic E-state index is 12.5. The number of carbonyl (C=O) groups is 3. The lowest BCUT2D eigenvalue weighted by Gasteiger charge is -2.32. The van der Waals surface area contributed by atoms with Gasteiger partial charge in [-0.3, -0.25) is 14.4 Å². The molecule has 1 saturated heterocycles. The van der Waals surface area contributed by atoms with E-state index in [1.54, 1.807) is 11.9 Å². The zero-order valence-corrected chi connectivity index (χ0v) is 16.4. The fourth-order valence-electron chi connectivity index (χ4n) is 3.85. The third-order valence-corrected chi connectivity index (χ3v) is 5.51. The van der Waals surface area contributed by atoms with Crippen LogP contribution in [0.3, 0.4) is 0 Å². The zero-order valence-electron chi connectivity index (χ0n) is 16.4. The van der Waals surface area contributed by atoms with Crippen LogP contribution in [0.25, 0.3) is 10.9 Å². The second-order valence-corrected chi connectivity index (χ2v) is 7.55. The van der Waals surface area contributed by atoms with Crippen molar-refractivity contribution in [1.29, 1.82) is 0 Å². The molecule has 1 aliphatic rings. The fraction of sp³-hybridized carbons (Fsp3) is 0.476. The molecule has 0 saturated carbocycles. The molecule has 0 radical (unpaired) electrons. The summed E-state index contributed by atoms with van der Waals surface area (Å²) in [5.74, 6) is -1.65. The Morgan fingerprint density at radius 1 is 1.25 bits per heavy atom. The molecule has 0 bridgehead atoms. The summed E-state index contributed by atoms with van der Waals surface area (Å²) in [5, 5.41) is 10.3. The van der Waals surface area contributed by atoms with Crippen molar-refractivity contribution >= 4 is 28.7 Å². The van der Waals surface area contributed by atoms with Gasteiger partial charge in [-0.15, -0.1) is 0 Å². The van der Waals surface area contributed by atoms with Gasteiger partial charge in [-0.1, -0.05) is 18.2 Å². The predicted octanol–water partition coefficient (Wildman–Crippen LogP) is 1.89. The molecule has 7 heteroatoms. The van der Waals surface area contributed by atoms with Crippen LogP contribution in [0.1, 0.15) is 24.8 Å². The Bertz CT molecular complexity index is 889. The first kappa shape index (κ1) is 19.9. The number of carbonyl (C=O) groups excluding carboxylic acids is 2. The smallest absolute Gasteiger partial charge is 0.308 e. The van der Waals surface area contributed by atoms with Crippen LogP contribution < -0.4 is 0 Å². The van der Waals surface area contributed by atoms with Crippen LogP contribution in [0.2, 0.25) is 0 Å². The van der Waals surface area contributed by atoms with Crippen LogP contribution >= 0.6 is 0 Å². The minimum absolute atomic E-state index is 0.0132. The predicted molar refractivity (Wildman–Crippen MR) is 106 cm³/mol. The summed E-state index contributed by atoms with van der Waals surface area (Å²) in [6.07, 6.45) is 4.27. The number of nitrogens with zero attached hydrogens (tertiary/aromatic N) is 3. The molecule has 1 N–H and O–H groups in total. The largest absolute Gasteiger partial charge is 0.481 e. The van der Waals surface area contributed by atoms with Crippen molar-refractivity contribution in [2.45, 2.75) is 25.7 Å². The van der Waals surface area contributed by atoms with Crippen LogP contribution in [0, 0.1) is 5.92 Å². The average Bonchev–Trinajstić information content (AvgIpc) is 3.02. The molecule has 2 amide bonds. The van der Waals surface area contributed by atoms with E-state index in [1.807, 2.05) is 25.4 Å². The van der Waals surface area contributed by atoms with Crippen molar-refractivity contribution in [3.8, 4) is 0 Å². The third-order valence-electron chi connectivity index (χ3n) is 5.51. The van der Waals surface area contributed by atoms with Gasteiger partial charge >= 0.3 is 5.97 Å². The van der Waals surface area contributed by atoms with E-state index in [0.717, 1.165) is 16.5 Å². The summed E-state index contributed by atoms with van der Waals surface area (Å²) in [6, 6.07) is 8.08. The van der Waals surface area contributed by atoms with Crippen LogP contribution in [0.15, 0.2) is 30.5 Å². The minimum atomic E-state index is -0.864. The number of amides is 2. The molecule has 150 valence electrons. The average molecular weight is 385 g/mol. The number of hydrogen-bond donors (Lipinski definition) is 1. The van der Waals surface area contributed by atoms with Gasteiger partial charge in [-0.25, -0.2) is 0 Å². The van der Waals surface area contributed by atoms with E-state index in [1.165, 1.54) is 4.90 Å². The first-order chi connectivity index (χ1) is 13.4. The van der Waals surface area contributed by atoms with Crippen molar-refractivity contribution in [1.82, 2.24) is 14.4 Å². The molecule has 1 aliphatic heterocycles. The molecular weight excluding hydrogens is 358 g/mol. The number of para-hydroxylation sites is 1. The second-order valence-electron chi connectivity index (χ2n) is 7.55. The van der Waals surface area contributed by atoms with Gasteiger partial charge in [-0.05, 0) is 30.9 Å². The number of carboxylic acid groups (broad SMARTS) is 1. The SMILES string of the molecule is CN(CC(=O)N1CCCC(C(=O)O)C1)C(=O)CCc1cn(C)c2ccccc12. The molecule has 1 aromatic heterocycles. The van der Waals surface area contributed by atoms with Crippen molar-refractivity contribution in [3.05, 3.63) is 36.0 Å². The highest BCUT2D eigenvalue weighted by molar-refractivity contribution is 5.87. The van der Waals surface area contributed by atoms with Crippen LogP contribution in [0.5, 0.6) is 0 Å².